The second-order valence-electron chi connectivity index (χ2n) is 5.32. The van der Waals surface area contributed by atoms with Crippen LogP contribution in [0.3, 0.4) is 0 Å². The number of aldehydes is 1. The van der Waals surface area contributed by atoms with Crippen molar-refractivity contribution in [2.75, 3.05) is 0 Å². The summed E-state index contributed by atoms with van der Waals surface area (Å²) in [5.41, 5.74) is 0.130. The van der Waals surface area contributed by atoms with E-state index < -0.39 is 28.3 Å². The van der Waals surface area contributed by atoms with Crippen molar-refractivity contribution in [2.45, 2.75) is 17.1 Å². The molecule has 1 atom stereocenters. The molecule has 0 radical (unpaired) electrons. The number of hydrogen-bond donors (Lipinski definition) is 0. The molecule has 2 aromatic carbocycles. The van der Waals surface area contributed by atoms with Gasteiger partial charge in [-0.15, -0.1) is 11.8 Å². The first kappa shape index (κ1) is 19.7. The lowest BCUT2D eigenvalue weighted by Gasteiger charge is -2.19. The Kier molecular flexibility index (Phi) is 6.97. The van der Waals surface area contributed by atoms with Crippen LogP contribution in [0.2, 0.25) is 0 Å². The summed E-state index contributed by atoms with van der Waals surface area (Å²) in [6.45, 7) is 5.06. The van der Waals surface area contributed by atoms with E-state index in [0.717, 1.165) is 28.8 Å². The van der Waals surface area contributed by atoms with Crippen molar-refractivity contribution in [1.82, 2.24) is 0 Å². The molecule has 0 fully saturated rings. The molecule has 0 aliphatic carbocycles. The molecule has 0 bridgehead atoms. The smallest absolute Gasteiger partial charge is 0.168 e. The van der Waals surface area contributed by atoms with Gasteiger partial charge >= 0.3 is 0 Å². The zero-order valence-corrected chi connectivity index (χ0v) is 14.8. The molecule has 1 unspecified atom stereocenters. The largest absolute Gasteiger partial charge is 0.296 e. The number of halogens is 3. The molecule has 0 saturated carbocycles. The molecule has 0 aromatic heterocycles. The van der Waals surface area contributed by atoms with Gasteiger partial charge in [0, 0.05) is 16.7 Å². The normalized spacial score (nSPS) is 13.4. The topological polar surface area (TPSA) is 29.4 Å². The number of thioether (sulfide) groups is 1. The fourth-order valence-electron chi connectivity index (χ4n) is 2.17. The Labute approximate surface area is 154 Å². The summed E-state index contributed by atoms with van der Waals surface area (Å²) in [5.74, 6) is -3.22. The van der Waals surface area contributed by atoms with Crippen LogP contribution in [-0.2, 0) is 4.79 Å². The number of benzene rings is 2. The highest BCUT2D eigenvalue weighted by Gasteiger charge is 2.25. The van der Waals surface area contributed by atoms with Crippen LogP contribution < -0.4 is 0 Å². The van der Waals surface area contributed by atoms with E-state index in [2.05, 4.69) is 11.6 Å². The summed E-state index contributed by atoms with van der Waals surface area (Å²) in [4.78, 5) is 15.5. The Morgan fingerprint density at radius 3 is 2.38 bits per heavy atom. The van der Waals surface area contributed by atoms with Crippen molar-refractivity contribution in [2.24, 2.45) is 4.99 Å². The van der Waals surface area contributed by atoms with E-state index in [0.29, 0.717) is 11.9 Å². The predicted molar refractivity (Wildman–Crippen MR) is 98.8 cm³/mol. The Bertz CT molecular complexity index is 853. The molecule has 134 valence electrons. The van der Waals surface area contributed by atoms with Gasteiger partial charge in [-0.2, -0.15) is 0 Å². The summed E-state index contributed by atoms with van der Waals surface area (Å²) < 4.78 is 42.3. The zero-order chi connectivity index (χ0) is 19.1. The summed E-state index contributed by atoms with van der Waals surface area (Å²) in [6, 6.07) is 10.6. The van der Waals surface area contributed by atoms with Gasteiger partial charge in [0.25, 0.3) is 0 Å². The van der Waals surface area contributed by atoms with Crippen LogP contribution in [0, 0.1) is 17.5 Å². The summed E-state index contributed by atoms with van der Waals surface area (Å²) in [6.07, 6.45) is 3.11. The SMILES string of the molecule is C=C/C(C=O)=N\C=C(/C)C(Sc1ccccc1)c1c(F)ccc(F)c1F. The fourth-order valence-corrected chi connectivity index (χ4v) is 3.34. The lowest BCUT2D eigenvalue weighted by Crippen LogP contribution is -2.06. The average molecular weight is 375 g/mol. The Balaban J connectivity index is 2.54. The maximum Gasteiger partial charge on any atom is 0.168 e. The summed E-state index contributed by atoms with van der Waals surface area (Å²) in [7, 11) is 0. The minimum atomic E-state index is -1.24. The number of nitrogens with zero attached hydrogens (tertiary/aromatic N) is 1. The number of carbonyl (C=O) groups is 1. The fraction of sp³-hybridized carbons (Fsp3) is 0.100. The van der Waals surface area contributed by atoms with E-state index >= 15 is 0 Å². The summed E-state index contributed by atoms with van der Waals surface area (Å²) in [5, 5.41) is -0.866. The zero-order valence-electron chi connectivity index (χ0n) is 14.0. The number of carbonyl (C=O) groups excluding carboxylic acids is 1. The van der Waals surface area contributed by atoms with E-state index in [1.807, 2.05) is 6.07 Å². The average Bonchev–Trinajstić information content (AvgIpc) is 2.65. The van der Waals surface area contributed by atoms with Crippen molar-refractivity contribution in [3.05, 3.63) is 89.9 Å². The van der Waals surface area contributed by atoms with E-state index in [1.54, 1.807) is 31.2 Å². The van der Waals surface area contributed by atoms with Gasteiger partial charge in [-0.05, 0) is 42.8 Å². The molecule has 0 spiro atoms. The van der Waals surface area contributed by atoms with E-state index in [1.165, 1.54) is 12.3 Å². The maximum absolute atomic E-state index is 14.3. The van der Waals surface area contributed by atoms with Crippen molar-refractivity contribution in [3.8, 4) is 0 Å². The second kappa shape index (κ2) is 9.20. The molecule has 2 rings (SSSR count). The Hall–Kier alpha value is -2.60. The van der Waals surface area contributed by atoms with Crippen LogP contribution >= 0.6 is 11.8 Å². The molecule has 0 aliphatic heterocycles. The molecule has 26 heavy (non-hydrogen) atoms. The van der Waals surface area contributed by atoms with E-state index in [4.69, 9.17) is 0 Å². The first-order valence-corrected chi connectivity index (χ1v) is 8.53. The first-order chi connectivity index (χ1) is 12.5. The van der Waals surface area contributed by atoms with Gasteiger partial charge in [-0.1, -0.05) is 24.8 Å². The lowest BCUT2D eigenvalue weighted by molar-refractivity contribution is -0.102. The van der Waals surface area contributed by atoms with Crippen LogP contribution in [0.1, 0.15) is 17.7 Å². The quantitative estimate of drug-likeness (QED) is 0.270. The molecule has 0 saturated heterocycles. The highest BCUT2D eigenvalue weighted by Crippen LogP contribution is 2.42. The maximum atomic E-state index is 14.3. The molecule has 6 heteroatoms. The molecular weight excluding hydrogens is 359 g/mol. The van der Waals surface area contributed by atoms with Crippen LogP contribution in [0.4, 0.5) is 13.2 Å². The second-order valence-corrected chi connectivity index (χ2v) is 6.50. The highest BCUT2D eigenvalue weighted by atomic mass is 32.2. The molecule has 0 amide bonds. The first-order valence-electron chi connectivity index (χ1n) is 7.65. The summed E-state index contributed by atoms with van der Waals surface area (Å²) >= 11 is 1.16. The van der Waals surface area contributed by atoms with Gasteiger partial charge in [0.15, 0.2) is 17.9 Å². The van der Waals surface area contributed by atoms with Crippen LogP contribution in [0.15, 0.2) is 76.8 Å². The molecule has 2 nitrogen and oxygen atoms in total. The highest BCUT2D eigenvalue weighted by molar-refractivity contribution is 7.99. The molecule has 2 aromatic rings. The van der Waals surface area contributed by atoms with Gasteiger partial charge in [0.05, 0.1) is 5.25 Å². The Morgan fingerprint density at radius 1 is 1.12 bits per heavy atom. The number of hydrogen-bond acceptors (Lipinski definition) is 3. The third-order valence-corrected chi connectivity index (χ3v) is 4.89. The Morgan fingerprint density at radius 2 is 1.77 bits per heavy atom. The van der Waals surface area contributed by atoms with E-state index in [-0.39, 0.29) is 5.71 Å². The lowest BCUT2D eigenvalue weighted by atomic mass is 10.0. The third-order valence-electron chi connectivity index (χ3n) is 3.50. The molecule has 0 heterocycles. The predicted octanol–water partition coefficient (Wildman–Crippen LogP) is 5.67. The van der Waals surface area contributed by atoms with Gasteiger partial charge in [0.2, 0.25) is 0 Å². The molecular formula is C20H16F3NOS. The van der Waals surface area contributed by atoms with Gasteiger partial charge < -0.3 is 0 Å². The van der Waals surface area contributed by atoms with Crippen molar-refractivity contribution in [3.63, 3.8) is 0 Å². The van der Waals surface area contributed by atoms with E-state index in [9.17, 15) is 18.0 Å². The monoisotopic (exact) mass is 375 g/mol. The van der Waals surface area contributed by atoms with Crippen LogP contribution in [0.5, 0.6) is 0 Å². The minimum absolute atomic E-state index is 0.0768. The number of allylic oxidation sites excluding steroid dienone is 1. The standard InChI is InChI=1S/C20H16F3NOS/c1-3-14(12-25)24-11-13(2)20(26-15-7-5-4-6-8-15)18-16(21)9-10-17(22)19(18)23/h3-12,20H,1H2,2H3/b13-11+,24-14+. The van der Waals surface area contributed by atoms with Gasteiger partial charge in [0.1, 0.15) is 11.5 Å². The minimum Gasteiger partial charge on any atom is -0.296 e. The van der Waals surface area contributed by atoms with Crippen molar-refractivity contribution < 1.29 is 18.0 Å². The van der Waals surface area contributed by atoms with Crippen LogP contribution in [0.25, 0.3) is 0 Å². The van der Waals surface area contributed by atoms with Crippen molar-refractivity contribution in [1.29, 1.82) is 0 Å². The number of rotatable bonds is 7. The van der Waals surface area contributed by atoms with Gasteiger partial charge in [-0.3, -0.25) is 9.79 Å². The third kappa shape index (κ3) is 4.73. The molecule has 0 N–H and O–H groups in total. The molecule has 0 aliphatic rings. The van der Waals surface area contributed by atoms with Crippen LogP contribution in [-0.4, -0.2) is 12.0 Å². The van der Waals surface area contributed by atoms with Gasteiger partial charge in [-0.25, -0.2) is 13.2 Å². The number of aliphatic imine (C=N–C) groups is 1. The van der Waals surface area contributed by atoms with Crippen molar-refractivity contribution >= 4 is 23.8 Å².